The molecule has 0 N–H and O–H groups in total. The van der Waals surface area contributed by atoms with Crippen molar-refractivity contribution >= 4 is 8.32 Å². The van der Waals surface area contributed by atoms with Gasteiger partial charge in [0.1, 0.15) is 0 Å². The number of hydrogen-bond donors (Lipinski definition) is 0. The average molecular weight is 305 g/mol. The lowest BCUT2D eigenvalue weighted by Gasteiger charge is -2.40. The number of rotatable bonds is 9. The van der Waals surface area contributed by atoms with Crippen LogP contribution < -0.4 is 0 Å². The van der Waals surface area contributed by atoms with Crippen LogP contribution in [0.15, 0.2) is 0 Å². The van der Waals surface area contributed by atoms with E-state index in [-0.39, 0.29) is 6.29 Å². The minimum Gasteiger partial charge on any atom is -0.392 e. The Bertz CT molecular complexity index is 254. The Morgan fingerprint density at radius 1 is 1.00 bits per heavy atom. The third kappa shape index (κ3) is 4.53. The maximum Gasteiger partial charge on any atom is 0.284 e. The molecule has 0 saturated carbocycles. The fourth-order valence-corrected chi connectivity index (χ4v) is 5.35. The zero-order chi connectivity index (χ0) is 15.1. The van der Waals surface area contributed by atoms with Crippen LogP contribution in [0, 0.1) is 0 Å². The van der Waals surface area contributed by atoms with E-state index in [2.05, 4.69) is 27.7 Å². The third-order valence-electron chi connectivity index (χ3n) is 4.32. The van der Waals surface area contributed by atoms with Gasteiger partial charge < -0.3 is 13.9 Å². The highest BCUT2D eigenvalue weighted by molar-refractivity contribution is 6.73. The van der Waals surface area contributed by atoms with Crippen molar-refractivity contribution in [2.24, 2.45) is 0 Å². The van der Waals surface area contributed by atoms with E-state index in [4.69, 9.17) is 18.6 Å². The summed E-state index contributed by atoms with van der Waals surface area (Å²) in [6, 6.07) is 3.38. The Balaban J connectivity index is 2.69. The highest BCUT2D eigenvalue weighted by atomic mass is 28.4. The molecule has 0 aromatic heterocycles. The second kappa shape index (κ2) is 8.49. The van der Waals surface area contributed by atoms with Crippen LogP contribution in [0.4, 0.5) is 0 Å². The van der Waals surface area contributed by atoms with Gasteiger partial charge in [0.25, 0.3) is 5.97 Å². The molecule has 1 rings (SSSR count). The second-order valence-electron chi connectivity index (χ2n) is 5.40. The molecule has 0 aliphatic carbocycles. The normalized spacial score (nSPS) is 20.9. The molecule has 0 aromatic rings. The van der Waals surface area contributed by atoms with E-state index in [1.54, 1.807) is 0 Å². The molecule has 20 heavy (non-hydrogen) atoms. The van der Waals surface area contributed by atoms with Gasteiger partial charge in [0.15, 0.2) is 14.6 Å². The summed E-state index contributed by atoms with van der Waals surface area (Å²) in [6.07, 6.45) is 2.22. The summed E-state index contributed by atoms with van der Waals surface area (Å²) >= 11 is 0. The van der Waals surface area contributed by atoms with Gasteiger partial charge in [0.2, 0.25) is 0 Å². The molecule has 1 fully saturated rings. The van der Waals surface area contributed by atoms with Gasteiger partial charge >= 0.3 is 0 Å². The molecule has 1 unspecified atom stereocenters. The fraction of sp³-hybridized carbons (Fsp3) is 1.00. The van der Waals surface area contributed by atoms with Gasteiger partial charge in [-0.15, -0.1) is 0 Å². The van der Waals surface area contributed by atoms with Gasteiger partial charge in [0, 0.05) is 6.42 Å². The van der Waals surface area contributed by atoms with Crippen molar-refractivity contribution in [3.63, 3.8) is 0 Å². The average Bonchev–Trinajstić information content (AvgIpc) is 2.52. The van der Waals surface area contributed by atoms with Crippen LogP contribution in [0.25, 0.3) is 0 Å². The Kier molecular flexibility index (Phi) is 7.68. The van der Waals surface area contributed by atoms with Gasteiger partial charge in [-0.25, -0.2) is 0 Å². The molecular formula is C15H32O4Si. The minimum absolute atomic E-state index is 0.223. The van der Waals surface area contributed by atoms with Crippen molar-refractivity contribution in [1.82, 2.24) is 0 Å². The molecule has 0 amide bonds. The predicted molar refractivity (Wildman–Crippen MR) is 83.0 cm³/mol. The summed E-state index contributed by atoms with van der Waals surface area (Å²) in [7, 11) is -1.67. The summed E-state index contributed by atoms with van der Waals surface area (Å²) in [5, 5.41) is 0. The van der Waals surface area contributed by atoms with Crippen LogP contribution in [0.2, 0.25) is 18.1 Å². The molecule has 0 spiro atoms. The molecule has 0 radical (unpaired) electrons. The van der Waals surface area contributed by atoms with E-state index in [0.29, 0.717) is 19.6 Å². The molecule has 5 heteroatoms. The van der Waals surface area contributed by atoms with Gasteiger partial charge in [-0.3, -0.25) is 4.74 Å². The van der Waals surface area contributed by atoms with Crippen molar-refractivity contribution in [3.05, 3.63) is 0 Å². The van der Waals surface area contributed by atoms with E-state index in [0.717, 1.165) is 31.0 Å². The van der Waals surface area contributed by atoms with Crippen molar-refractivity contribution in [2.45, 2.75) is 84.3 Å². The molecule has 0 aromatic carbocycles. The largest absolute Gasteiger partial charge is 0.392 e. The molecule has 1 atom stereocenters. The second-order valence-corrected chi connectivity index (χ2v) is 10.1. The lowest BCUT2D eigenvalue weighted by atomic mass is 10.3. The zero-order valence-electron chi connectivity index (χ0n) is 13.9. The van der Waals surface area contributed by atoms with Crippen LogP contribution in [0.3, 0.4) is 0 Å². The van der Waals surface area contributed by atoms with Gasteiger partial charge in [-0.05, 0) is 31.0 Å². The Hall–Kier alpha value is 0.0569. The molecule has 1 aliphatic heterocycles. The van der Waals surface area contributed by atoms with Crippen molar-refractivity contribution in [2.75, 3.05) is 13.2 Å². The minimum atomic E-state index is -1.67. The first-order valence-corrected chi connectivity index (χ1v) is 10.8. The number of hydrogen-bond acceptors (Lipinski definition) is 4. The van der Waals surface area contributed by atoms with E-state index >= 15 is 0 Å². The fourth-order valence-electron chi connectivity index (χ4n) is 2.58. The van der Waals surface area contributed by atoms with Gasteiger partial charge in [-0.2, -0.15) is 0 Å². The molecule has 120 valence electrons. The predicted octanol–water partition coefficient (Wildman–Crippen LogP) is 4.26. The summed E-state index contributed by atoms with van der Waals surface area (Å²) in [5.74, 6) is -0.895. The standard InChI is InChI=1S/C15H32O4Si/c1-6-14(19-20(8-3,9-4)10-5)18-15(7-2)16-12-11-13-17-15/h14H,6-13H2,1-5H3. The first kappa shape index (κ1) is 18.1. The zero-order valence-corrected chi connectivity index (χ0v) is 14.9. The lowest BCUT2D eigenvalue weighted by molar-refractivity contribution is -0.428. The molecule has 1 heterocycles. The maximum absolute atomic E-state index is 6.42. The first-order chi connectivity index (χ1) is 9.59. The highest BCUT2D eigenvalue weighted by Gasteiger charge is 2.39. The van der Waals surface area contributed by atoms with Crippen LogP contribution in [-0.2, 0) is 18.6 Å². The van der Waals surface area contributed by atoms with Crippen molar-refractivity contribution < 1.29 is 18.6 Å². The van der Waals surface area contributed by atoms with Crippen molar-refractivity contribution in [1.29, 1.82) is 0 Å². The maximum atomic E-state index is 6.42. The van der Waals surface area contributed by atoms with E-state index in [1.165, 1.54) is 0 Å². The smallest absolute Gasteiger partial charge is 0.284 e. The topological polar surface area (TPSA) is 36.9 Å². The Morgan fingerprint density at radius 2 is 1.55 bits per heavy atom. The van der Waals surface area contributed by atoms with Gasteiger partial charge in [0.05, 0.1) is 13.2 Å². The summed E-state index contributed by atoms with van der Waals surface area (Å²) < 4.78 is 24.0. The van der Waals surface area contributed by atoms with E-state index in [1.807, 2.05) is 6.92 Å². The summed E-state index contributed by atoms with van der Waals surface area (Å²) in [6.45, 7) is 12.2. The Morgan fingerprint density at radius 3 is 1.95 bits per heavy atom. The number of ether oxygens (including phenoxy) is 3. The highest BCUT2D eigenvalue weighted by Crippen LogP contribution is 2.30. The lowest BCUT2D eigenvalue weighted by Crippen LogP contribution is -2.49. The quantitative estimate of drug-likeness (QED) is 0.471. The monoisotopic (exact) mass is 304 g/mol. The first-order valence-electron chi connectivity index (χ1n) is 8.22. The van der Waals surface area contributed by atoms with Crippen molar-refractivity contribution in [3.8, 4) is 0 Å². The van der Waals surface area contributed by atoms with E-state index < -0.39 is 14.3 Å². The Labute approximate surface area is 125 Å². The van der Waals surface area contributed by atoms with Gasteiger partial charge in [-0.1, -0.05) is 34.6 Å². The molecule has 1 aliphatic rings. The third-order valence-corrected chi connectivity index (χ3v) is 8.95. The van der Waals surface area contributed by atoms with E-state index in [9.17, 15) is 0 Å². The molecule has 4 nitrogen and oxygen atoms in total. The van der Waals surface area contributed by atoms with Crippen LogP contribution in [0.1, 0.15) is 53.9 Å². The van der Waals surface area contributed by atoms with Crippen LogP contribution >= 0.6 is 0 Å². The molecule has 1 saturated heterocycles. The van der Waals surface area contributed by atoms with Crippen LogP contribution in [0.5, 0.6) is 0 Å². The molecular weight excluding hydrogens is 272 g/mol. The molecule has 0 bridgehead atoms. The summed E-state index contributed by atoms with van der Waals surface area (Å²) in [4.78, 5) is 0. The SMILES string of the molecule is CCC(OC1(CC)OCCCO1)O[Si](CC)(CC)CC. The van der Waals surface area contributed by atoms with Crippen LogP contribution in [-0.4, -0.2) is 33.8 Å². The summed E-state index contributed by atoms with van der Waals surface area (Å²) in [5.41, 5.74) is 0.